The van der Waals surface area contributed by atoms with E-state index in [0.29, 0.717) is 16.5 Å². The van der Waals surface area contributed by atoms with Gasteiger partial charge in [-0.1, -0.05) is 60.7 Å². The zero-order valence-corrected chi connectivity index (χ0v) is 27.1. The van der Waals surface area contributed by atoms with Crippen LogP contribution in [0.1, 0.15) is 18.1 Å². The maximum atomic E-state index is 11.7. The number of hydrogen-bond acceptors (Lipinski definition) is 14. The van der Waals surface area contributed by atoms with Crippen LogP contribution in [0.5, 0.6) is 11.5 Å². The van der Waals surface area contributed by atoms with E-state index in [1.54, 1.807) is 24.3 Å². The van der Waals surface area contributed by atoms with Crippen LogP contribution in [0, 0.1) is 0 Å². The van der Waals surface area contributed by atoms with Gasteiger partial charge in [-0.15, -0.1) is 0 Å². The summed E-state index contributed by atoms with van der Waals surface area (Å²) in [5, 5.41) is 76.7. The Balaban J connectivity index is 1.37. The Kier molecular flexibility index (Phi) is 12.5. The van der Waals surface area contributed by atoms with Gasteiger partial charge in [0.15, 0.2) is 18.7 Å². The second kappa shape index (κ2) is 16.9. The van der Waals surface area contributed by atoms with Gasteiger partial charge >= 0.3 is 5.97 Å². The maximum Gasteiger partial charge on any atom is 0.303 e. The van der Waals surface area contributed by atoms with Crippen molar-refractivity contribution in [3.63, 3.8) is 0 Å². The Bertz CT molecular complexity index is 1820. The monoisotopic (exact) mass is 692 g/mol. The summed E-state index contributed by atoms with van der Waals surface area (Å²) in [6, 6.07) is 21.3. The molecule has 0 radical (unpaired) electrons. The summed E-state index contributed by atoms with van der Waals surface area (Å²) in [6.45, 7) is -0.926. The molecular formula is C36H40N2O12. The van der Waals surface area contributed by atoms with E-state index in [-0.39, 0.29) is 24.6 Å². The van der Waals surface area contributed by atoms with E-state index in [1.807, 2.05) is 36.4 Å². The number of carbonyl (C=O) groups is 1. The zero-order valence-electron chi connectivity index (χ0n) is 27.1. The maximum absolute atomic E-state index is 11.7. The number of phenolic OH excluding ortho intramolecular Hbond substituents is 2. The Morgan fingerprint density at radius 3 is 1.92 bits per heavy atom. The zero-order chi connectivity index (χ0) is 35.8. The fraction of sp³-hybridized carbons (Fsp3) is 0.361. The predicted octanol–water partition coefficient (Wildman–Crippen LogP) is 1.39. The molecule has 4 aromatic rings. The highest BCUT2D eigenvalue weighted by molar-refractivity contribution is 6.03. The molecule has 0 aromatic heterocycles. The number of nitrogens with zero attached hydrogens (tertiary/aromatic N) is 2. The average Bonchev–Trinajstić information content (AvgIpc) is 3.11. The van der Waals surface area contributed by atoms with Crippen LogP contribution in [0.2, 0.25) is 0 Å². The summed E-state index contributed by atoms with van der Waals surface area (Å²) >= 11 is 0. The van der Waals surface area contributed by atoms with Crippen LogP contribution in [0.15, 0.2) is 82.8 Å². The van der Waals surface area contributed by atoms with Crippen molar-refractivity contribution in [3.8, 4) is 11.5 Å². The highest BCUT2D eigenvalue weighted by Crippen LogP contribution is 2.29. The first-order chi connectivity index (χ1) is 24.1. The van der Waals surface area contributed by atoms with Crippen LogP contribution in [-0.4, -0.2) is 130 Å². The predicted molar refractivity (Wildman–Crippen MR) is 182 cm³/mol. The molecule has 0 unspecified atom stereocenters. The van der Waals surface area contributed by atoms with E-state index < -0.39 is 68.4 Å². The molecule has 0 spiro atoms. The van der Waals surface area contributed by atoms with E-state index in [0.717, 1.165) is 23.1 Å². The van der Waals surface area contributed by atoms with Gasteiger partial charge in [0.1, 0.15) is 42.0 Å². The van der Waals surface area contributed by atoms with Crippen LogP contribution >= 0.6 is 0 Å². The molecule has 0 aliphatic carbocycles. The molecule has 1 aliphatic heterocycles. The van der Waals surface area contributed by atoms with Crippen molar-refractivity contribution in [1.82, 2.24) is 0 Å². The molecule has 1 saturated heterocycles. The van der Waals surface area contributed by atoms with E-state index in [2.05, 4.69) is 9.98 Å². The van der Waals surface area contributed by atoms with Gasteiger partial charge in [0.2, 0.25) is 0 Å². The molecule has 14 nitrogen and oxygen atoms in total. The minimum absolute atomic E-state index is 0.0101. The van der Waals surface area contributed by atoms with E-state index >= 15 is 0 Å². The molecule has 0 bridgehead atoms. The van der Waals surface area contributed by atoms with Crippen molar-refractivity contribution in [1.29, 1.82) is 0 Å². The van der Waals surface area contributed by atoms with Gasteiger partial charge in [-0.2, -0.15) is 0 Å². The number of esters is 1. The number of fused-ring (bicyclic) bond motifs is 2. The lowest BCUT2D eigenvalue weighted by atomic mass is 9.99. The van der Waals surface area contributed by atoms with Gasteiger partial charge in [-0.25, -0.2) is 0 Å². The van der Waals surface area contributed by atoms with Crippen molar-refractivity contribution in [2.75, 3.05) is 26.3 Å². The summed E-state index contributed by atoms with van der Waals surface area (Å²) in [6.07, 6.45) is -9.16. The number of benzene rings is 4. The number of hydrogen-bond donors (Lipinski definition) is 7. The van der Waals surface area contributed by atoms with Gasteiger partial charge < -0.3 is 54.7 Å². The standard InChI is InChI=1S/C36H40N2O12/c1-20(41)47-35-33(45)31(19-40)50-36(34(35)46)49-29(16-37-14-25-23-8-4-2-6-21(23)10-12-27(25)42)30(18-39)48-32(44)17-38-15-26-24-9-5-3-7-22(24)11-13-28(26)43/h2-15,29-36,39-40,42-46H,16-19H2,1H3/t29-,30-,31-,32+,33+,34-,35+,36-/m1/s1. The van der Waals surface area contributed by atoms with Gasteiger partial charge in [0.05, 0.1) is 26.3 Å². The van der Waals surface area contributed by atoms with Gasteiger partial charge in [-0.3, -0.25) is 14.8 Å². The van der Waals surface area contributed by atoms with Gasteiger partial charge in [0.25, 0.3) is 0 Å². The molecular weight excluding hydrogens is 652 g/mol. The number of aromatic hydroxyl groups is 2. The number of carbonyl (C=O) groups excluding carboxylic acids is 1. The van der Waals surface area contributed by atoms with Crippen LogP contribution in [0.4, 0.5) is 0 Å². The molecule has 0 amide bonds. The molecule has 1 heterocycles. The highest BCUT2D eigenvalue weighted by atomic mass is 16.7. The molecule has 1 aliphatic rings. The number of aliphatic imine (C=N–C) groups is 2. The van der Waals surface area contributed by atoms with Crippen LogP contribution in [0.25, 0.3) is 21.5 Å². The molecule has 5 rings (SSSR count). The second-order valence-electron chi connectivity index (χ2n) is 11.7. The Morgan fingerprint density at radius 1 is 0.820 bits per heavy atom. The largest absolute Gasteiger partial charge is 0.507 e. The third kappa shape index (κ3) is 8.61. The third-order valence-corrected chi connectivity index (χ3v) is 8.24. The Hall–Kier alpha value is -4.51. The van der Waals surface area contributed by atoms with Gasteiger partial charge in [-0.05, 0) is 33.7 Å². The molecule has 14 heteroatoms. The lowest BCUT2D eigenvalue weighted by Gasteiger charge is -2.42. The second-order valence-corrected chi connectivity index (χ2v) is 11.7. The van der Waals surface area contributed by atoms with Crippen molar-refractivity contribution in [2.45, 2.75) is 56.1 Å². The molecule has 8 atom stereocenters. The normalized spacial score (nSPS) is 23.0. The van der Waals surface area contributed by atoms with Crippen molar-refractivity contribution < 1.29 is 59.5 Å². The quantitative estimate of drug-likeness (QED) is 0.0567. The van der Waals surface area contributed by atoms with E-state index in [4.69, 9.17) is 18.9 Å². The fourth-order valence-corrected chi connectivity index (χ4v) is 5.73. The number of ether oxygens (including phenoxy) is 4. The summed E-state index contributed by atoms with van der Waals surface area (Å²) < 4.78 is 22.4. The molecule has 266 valence electrons. The first-order valence-corrected chi connectivity index (χ1v) is 15.9. The summed E-state index contributed by atoms with van der Waals surface area (Å²) in [5.74, 6) is -0.858. The summed E-state index contributed by atoms with van der Waals surface area (Å²) in [7, 11) is 0. The fourth-order valence-electron chi connectivity index (χ4n) is 5.73. The third-order valence-electron chi connectivity index (χ3n) is 8.24. The van der Waals surface area contributed by atoms with Crippen molar-refractivity contribution >= 4 is 39.9 Å². The SMILES string of the molecule is CC(=O)O[C@H]1[C@@H](O)[C@@H](CO)O[C@@H](O[C@H](CN=Cc2c(O)ccc3ccccc23)[C@@H](CO)O[C@H](O)CN=Cc2c(O)ccc3ccccc23)[C@@H]1O. The van der Waals surface area contributed by atoms with E-state index in [1.165, 1.54) is 24.6 Å². The molecule has 50 heavy (non-hydrogen) atoms. The van der Waals surface area contributed by atoms with Crippen LogP contribution in [0.3, 0.4) is 0 Å². The van der Waals surface area contributed by atoms with Crippen LogP contribution < -0.4 is 0 Å². The summed E-state index contributed by atoms with van der Waals surface area (Å²) in [5.41, 5.74) is 0.842. The molecule has 7 N–H and O–H groups in total. The minimum atomic E-state index is -1.74. The Morgan fingerprint density at radius 2 is 1.38 bits per heavy atom. The lowest BCUT2D eigenvalue weighted by molar-refractivity contribution is -0.322. The van der Waals surface area contributed by atoms with E-state index in [9.17, 15) is 40.5 Å². The average molecular weight is 693 g/mol. The van der Waals surface area contributed by atoms with Gasteiger partial charge in [0, 0.05) is 30.5 Å². The first kappa shape index (κ1) is 36.8. The van der Waals surface area contributed by atoms with Crippen LogP contribution in [-0.2, 0) is 23.7 Å². The topological polar surface area (TPSA) is 220 Å². The smallest absolute Gasteiger partial charge is 0.303 e. The first-order valence-electron chi connectivity index (χ1n) is 15.9. The summed E-state index contributed by atoms with van der Waals surface area (Å²) in [4.78, 5) is 20.4. The minimum Gasteiger partial charge on any atom is -0.507 e. The van der Waals surface area contributed by atoms with Crippen molar-refractivity contribution in [3.05, 3.63) is 83.9 Å². The molecule has 4 aromatic carbocycles. The number of rotatable bonds is 14. The lowest BCUT2D eigenvalue weighted by Crippen LogP contribution is -2.61. The number of aliphatic hydroxyl groups is 5. The molecule has 1 fully saturated rings. The number of phenols is 2. The van der Waals surface area contributed by atoms with Crippen molar-refractivity contribution in [2.24, 2.45) is 9.98 Å². The highest BCUT2D eigenvalue weighted by Gasteiger charge is 2.48. The number of aliphatic hydroxyl groups excluding tert-OH is 5. The Labute approximate surface area is 287 Å². The molecule has 0 saturated carbocycles.